The number of nitrogens with one attached hydrogen (secondary N) is 1. The summed E-state index contributed by atoms with van der Waals surface area (Å²) in [7, 11) is -2.31. The molecule has 1 amide bonds. The summed E-state index contributed by atoms with van der Waals surface area (Å²) >= 11 is 6.29. The Morgan fingerprint density at radius 2 is 2.15 bits per heavy atom. The van der Waals surface area contributed by atoms with Crippen LogP contribution in [0.3, 0.4) is 0 Å². The van der Waals surface area contributed by atoms with Crippen LogP contribution < -0.4 is 11.1 Å². The number of carbonyl (C=O) groups is 1. The Kier molecular flexibility index (Phi) is 4.64. The van der Waals surface area contributed by atoms with Crippen molar-refractivity contribution in [2.24, 2.45) is 10.7 Å². The number of oxazole rings is 1. The summed E-state index contributed by atoms with van der Waals surface area (Å²) in [6, 6.07) is 4.73. The van der Waals surface area contributed by atoms with Crippen LogP contribution >= 0.6 is 11.6 Å². The zero-order valence-electron chi connectivity index (χ0n) is 14.9. The van der Waals surface area contributed by atoms with E-state index in [0.717, 1.165) is 4.31 Å². The molecule has 0 saturated carbocycles. The first-order valence-electron chi connectivity index (χ1n) is 7.87. The Labute approximate surface area is 161 Å². The number of amides is 1. The normalized spacial score (nSPS) is 21.6. The van der Waals surface area contributed by atoms with Gasteiger partial charge in [0.05, 0.1) is 5.75 Å². The van der Waals surface area contributed by atoms with E-state index in [1.54, 1.807) is 32.0 Å². The van der Waals surface area contributed by atoms with E-state index in [-0.39, 0.29) is 17.4 Å². The SMILES string of the molecule is Cc1nc(C(=O)Nc2ccc(Cl)c([C@]3(C)CS(=O)(=O)N(C)C(N)=N3)c2)co1. The fourth-order valence-corrected chi connectivity index (χ4v) is 4.54. The third kappa shape index (κ3) is 3.62. The number of halogens is 1. The third-order valence-corrected chi connectivity index (χ3v) is 6.50. The maximum absolute atomic E-state index is 12.4. The lowest BCUT2D eigenvalue weighted by molar-refractivity contribution is 0.102. The molecule has 0 saturated heterocycles. The number of aromatic nitrogens is 1. The van der Waals surface area contributed by atoms with Crippen molar-refractivity contribution < 1.29 is 17.6 Å². The number of nitrogens with two attached hydrogens (primary N) is 1. The summed E-state index contributed by atoms with van der Waals surface area (Å²) < 4.78 is 30.7. The van der Waals surface area contributed by atoms with Gasteiger partial charge in [-0.05, 0) is 25.1 Å². The molecule has 0 aliphatic carbocycles. The van der Waals surface area contributed by atoms with E-state index in [1.165, 1.54) is 13.3 Å². The summed E-state index contributed by atoms with van der Waals surface area (Å²) in [6.07, 6.45) is 1.25. The summed E-state index contributed by atoms with van der Waals surface area (Å²) in [6.45, 7) is 3.25. The molecule has 0 unspecified atom stereocenters. The number of benzene rings is 1. The van der Waals surface area contributed by atoms with Gasteiger partial charge in [-0.15, -0.1) is 0 Å². The van der Waals surface area contributed by atoms with Gasteiger partial charge in [-0.25, -0.2) is 22.7 Å². The van der Waals surface area contributed by atoms with Crippen molar-refractivity contribution in [2.75, 3.05) is 18.1 Å². The molecule has 1 atom stereocenters. The van der Waals surface area contributed by atoms with Crippen LogP contribution in [0.1, 0.15) is 28.9 Å². The molecular formula is C16H18ClN5O4S. The van der Waals surface area contributed by atoms with Crippen molar-refractivity contribution >= 4 is 39.2 Å². The van der Waals surface area contributed by atoms with E-state index in [9.17, 15) is 13.2 Å². The molecule has 2 aromatic rings. The predicted molar refractivity (Wildman–Crippen MR) is 101 cm³/mol. The fourth-order valence-electron chi connectivity index (χ4n) is 2.77. The van der Waals surface area contributed by atoms with Crippen molar-refractivity contribution in [3.05, 3.63) is 46.6 Å². The minimum absolute atomic E-state index is 0.124. The van der Waals surface area contributed by atoms with Gasteiger partial charge in [0.1, 0.15) is 11.8 Å². The molecule has 1 aliphatic rings. The number of aliphatic imine (C=N–C) groups is 1. The lowest BCUT2D eigenvalue weighted by atomic mass is 9.94. The second-order valence-electron chi connectivity index (χ2n) is 6.37. The van der Waals surface area contributed by atoms with Gasteiger partial charge < -0.3 is 15.5 Å². The van der Waals surface area contributed by atoms with Gasteiger partial charge in [0.25, 0.3) is 5.91 Å². The Morgan fingerprint density at radius 1 is 1.44 bits per heavy atom. The highest BCUT2D eigenvalue weighted by molar-refractivity contribution is 7.89. The molecule has 3 N–H and O–H groups in total. The van der Waals surface area contributed by atoms with Crippen molar-refractivity contribution in [2.45, 2.75) is 19.4 Å². The summed E-state index contributed by atoms with van der Waals surface area (Å²) in [5.41, 5.74) is 5.54. The first kappa shape index (κ1) is 19.2. The highest BCUT2D eigenvalue weighted by atomic mass is 35.5. The monoisotopic (exact) mass is 411 g/mol. The molecule has 0 bridgehead atoms. The zero-order chi connectivity index (χ0) is 20.0. The summed E-state index contributed by atoms with van der Waals surface area (Å²) in [5, 5.41) is 2.99. The average molecular weight is 412 g/mol. The molecule has 1 aromatic heterocycles. The minimum atomic E-state index is -3.65. The first-order valence-corrected chi connectivity index (χ1v) is 9.86. The standard InChI is InChI=1S/C16H18ClN5O4S/c1-9-19-13(7-26-9)14(23)20-10-4-5-12(17)11(6-10)16(2)8-27(24,25)22(3)15(18)21-16/h4-7H,8H2,1-3H3,(H2,18,21)(H,20,23)/t16-/m0/s1. The van der Waals surface area contributed by atoms with Crippen LogP contribution in [0.5, 0.6) is 0 Å². The fraction of sp³-hybridized carbons (Fsp3) is 0.312. The Balaban J connectivity index is 1.97. The van der Waals surface area contributed by atoms with Crippen molar-refractivity contribution in [3.8, 4) is 0 Å². The molecule has 3 rings (SSSR count). The number of sulfonamides is 1. The highest BCUT2D eigenvalue weighted by Crippen LogP contribution is 2.37. The van der Waals surface area contributed by atoms with Crippen molar-refractivity contribution in [1.29, 1.82) is 0 Å². The van der Waals surface area contributed by atoms with E-state index in [2.05, 4.69) is 15.3 Å². The van der Waals surface area contributed by atoms with Crippen LogP contribution in [0.15, 0.2) is 33.9 Å². The highest BCUT2D eigenvalue weighted by Gasteiger charge is 2.41. The second kappa shape index (κ2) is 6.54. The smallest absolute Gasteiger partial charge is 0.277 e. The van der Waals surface area contributed by atoms with Crippen molar-refractivity contribution in [1.82, 2.24) is 9.29 Å². The van der Waals surface area contributed by atoms with Crippen LogP contribution in [0, 0.1) is 6.92 Å². The Bertz CT molecular complexity index is 1050. The molecule has 0 radical (unpaired) electrons. The maximum Gasteiger partial charge on any atom is 0.277 e. The van der Waals surface area contributed by atoms with Gasteiger partial charge in [0.15, 0.2) is 11.6 Å². The van der Waals surface area contributed by atoms with Gasteiger partial charge >= 0.3 is 0 Å². The average Bonchev–Trinajstić information content (AvgIpc) is 3.00. The van der Waals surface area contributed by atoms with E-state index < -0.39 is 21.5 Å². The molecule has 27 heavy (non-hydrogen) atoms. The largest absolute Gasteiger partial charge is 0.448 e. The predicted octanol–water partition coefficient (Wildman–Crippen LogP) is 1.69. The van der Waals surface area contributed by atoms with E-state index in [1.807, 2.05) is 0 Å². The molecule has 9 nitrogen and oxygen atoms in total. The summed E-state index contributed by atoms with van der Waals surface area (Å²) in [5.74, 6) is -0.543. The van der Waals surface area contributed by atoms with Crippen LogP contribution in [0.4, 0.5) is 5.69 Å². The van der Waals surface area contributed by atoms with Crippen LogP contribution in [-0.4, -0.2) is 42.4 Å². The number of carbonyl (C=O) groups excluding carboxylic acids is 1. The lowest BCUT2D eigenvalue weighted by Gasteiger charge is -2.35. The van der Waals surface area contributed by atoms with Gasteiger partial charge in [-0.1, -0.05) is 11.6 Å². The molecule has 0 fully saturated rings. The van der Waals surface area contributed by atoms with E-state index in [0.29, 0.717) is 22.2 Å². The number of hydrogen-bond acceptors (Lipinski definition) is 7. The third-order valence-electron chi connectivity index (χ3n) is 4.22. The molecular weight excluding hydrogens is 394 g/mol. The minimum Gasteiger partial charge on any atom is -0.448 e. The second-order valence-corrected chi connectivity index (χ2v) is 8.78. The number of guanidine groups is 1. The molecule has 1 aliphatic heterocycles. The lowest BCUT2D eigenvalue weighted by Crippen LogP contribution is -2.50. The zero-order valence-corrected chi connectivity index (χ0v) is 16.4. The first-order chi connectivity index (χ1) is 12.5. The van der Waals surface area contributed by atoms with Crippen LogP contribution in [-0.2, 0) is 15.6 Å². The van der Waals surface area contributed by atoms with Crippen molar-refractivity contribution in [3.63, 3.8) is 0 Å². The topological polar surface area (TPSA) is 131 Å². The van der Waals surface area contributed by atoms with Crippen LogP contribution in [0.2, 0.25) is 5.02 Å². The Hall–Kier alpha value is -2.59. The number of rotatable bonds is 3. The van der Waals surface area contributed by atoms with Gasteiger partial charge in [0.2, 0.25) is 16.0 Å². The van der Waals surface area contributed by atoms with Gasteiger partial charge in [0, 0.05) is 30.2 Å². The van der Waals surface area contributed by atoms with Gasteiger partial charge in [-0.2, -0.15) is 0 Å². The molecule has 144 valence electrons. The van der Waals surface area contributed by atoms with E-state index in [4.69, 9.17) is 21.8 Å². The molecule has 1 aromatic carbocycles. The van der Waals surface area contributed by atoms with Crippen LogP contribution in [0.25, 0.3) is 0 Å². The molecule has 0 spiro atoms. The molecule has 11 heteroatoms. The quantitative estimate of drug-likeness (QED) is 0.790. The Morgan fingerprint density at radius 3 is 2.74 bits per heavy atom. The number of anilines is 1. The maximum atomic E-state index is 12.4. The number of hydrogen-bond donors (Lipinski definition) is 2. The number of nitrogens with zero attached hydrogens (tertiary/aromatic N) is 3. The van der Waals surface area contributed by atoms with Gasteiger partial charge in [-0.3, -0.25) is 4.79 Å². The van der Waals surface area contributed by atoms with E-state index >= 15 is 0 Å². The molecule has 2 heterocycles. The summed E-state index contributed by atoms with van der Waals surface area (Å²) in [4.78, 5) is 20.5. The number of aryl methyl sites for hydroxylation is 1.